The number of halogens is 1. The van der Waals surface area contributed by atoms with Crippen LogP contribution in [-0.4, -0.2) is 36.1 Å². The van der Waals surface area contributed by atoms with E-state index in [1.807, 2.05) is 11.9 Å². The Kier molecular flexibility index (Phi) is 3.13. The third-order valence-corrected chi connectivity index (χ3v) is 3.42. The van der Waals surface area contributed by atoms with E-state index in [1.165, 1.54) is 6.07 Å². The quantitative estimate of drug-likeness (QED) is 0.909. The summed E-state index contributed by atoms with van der Waals surface area (Å²) in [6.07, 6.45) is 1.67. The predicted molar refractivity (Wildman–Crippen MR) is 72.5 cm³/mol. The van der Waals surface area contributed by atoms with Gasteiger partial charge >= 0.3 is 0 Å². The molecule has 1 fully saturated rings. The molecule has 5 heteroatoms. The number of anilines is 1. The lowest BCUT2D eigenvalue weighted by atomic mass is 10.1. The molecule has 0 spiro atoms. The molecule has 0 atom stereocenters. The van der Waals surface area contributed by atoms with Gasteiger partial charge in [0.05, 0.1) is 11.7 Å². The molecule has 0 amide bonds. The molecule has 2 heterocycles. The van der Waals surface area contributed by atoms with E-state index in [2.05, 4.69) is 15.3 Å². The molecule has 0 radical (unpaired) electrons. The Morgan fingerprint density at radius 3 is 2.74 bits per heavy atom. The van der Waals surface area contributed by atoms with E-state index in [9.17, 15) is 4.39 Å². The average molecular weight is 258 g/mol. The minimum Gasteiger partial charge on any atom is -0.338 e. The fourth-order valence-electron chi connectivity index (χ4n) is 2.05. The standard InChI is InChI=1S/C14H15FN4/c1-19(10-8-16-9-10)14-17-7-6-13(18-14)11-4-2-3-5-12(11)15/h2-7,10,16H,8-9H2,1H3. The van der Waals surface area contributed by atoms with Gasteiger partial charge in [0.15, 0.2) is 0 Å². The van der Waals surface area contributed by atoms with E-state index in [0.717, 1.165) is 13.1 Å². The van der Waals surface area contributed by atoms with Crippen molar-refractivity contribution in [2.45, 2.75) is 6.04 Å². The zero-order valence-corrected chi connectivity index (χ0v) is 10.7. The zero-order valence-electron chi connectivity index (χ0n) is 10.7. The van der Waals surface area contributed by atoms with Gasteiger partial charge in [0.1, 0.15) is 5.82 Å². The number of hydrogen-bond acceptors (Lipinski definition) is 4. The van der Waals surface area contributed by atoms with Crippen LogP contribution in [0.5, 0.6) is 0 Å². The minimum atomic E-state index is -0.264. The molecule has 2 aromatic rings. The molecule has 1 N–H and O–H groups in total. The van der Waals surface area contributed by atoms with Gasteiger partial charge in [0.2, 0.25) is 5.95 Å². The average Bonchev–Trinajstić information content (AvgIpc) is 2.37. The van der Waals surface area contributed by atoms with E-state index >= 15 is 0 Å². The van der Waals surface area contributed by atoms with E-state index in [-0.39, 0.29) is 5.82 Å². The van der Waals surface area contributed by atoms with Gasteiger partial charge in [-0.15, -0.1) is 0 Å². The zero-order chi connectivity index (χ0) is 13.2. The van der Waals surface area contributed by atoms with Crippen LogP contribution in [-0.2, 0) is 0 Å². The van der Waals surface area contributed by atoms with Crippen LogP contribution in [0.1, 0.15) is 0 Å². The van der Waals surface area contributed by atoms with Crippen LogP contribution in [0, 0.1) is 5.82 Å². The Bertz CT molecular complexity index is 583. The lowest BCUT2D eigenvalue weighted by Gasteiger charge is -2.35. The van der Waals surface area contributed by atoms with E-state index in [1.54, 1.807) is 30.5 Å². The van der Waals surface area contributed by atoms with Crippen molar-refractivity contribution >= 4 is 5.95 Å². The highest BCUT2D eigenvalue weighted by molar-refractivity contribution is 5.60. The Balaban J connectivity index is 1.93. The number of likely N-dealkylation sites (N-methyl/N-ethyl adjacent to an activating group) is 1. The van der Waals surface area contributed by atoms with Crippen molar-refractivity contribution in [1.82, 2.24) is 15.3 Å². The molecular weight excluding hydrogens is 243 g/mol. The summed E-state index contributed by atoms with van der Waals surface area (Å²) in [5, 5.41) is 3.21. The van der Waals surface area contributed by atoms with Gasteiger partial charge in [-0.2, -0.15) is 0 Å². The summed E-state index contributed by atoms with van der Waals surface area (Å²) in [6, 6.07) is 8.79. The van der Waals surface area contributed by atoms with Crippen molar-refractivity contribution in [2.75, 3.05) is 25.0 Å². The molecule has 0 saturated carbocycles. The summed E-state index contributed by atoms with van der Waals surface area (Å²) in [5.41, 5.74) is 1.12. The smallest absolute Gasteiger partial charge is 0.225 e. The van der Waals surface area contributed by atoms with E-state index < -0.39 is 0 Å². The first-order valence-corrected chi connectivity index (χ1v) is 6.27. The van der Waals surface area contributed by atoms with Gasteiger partial charge in [-0.3, -0.25) is 0 Å². The maximum Gasteiger partial charge on any atom is 0.225 e. The third-order valence-electron chi connectivity index (χ3n) is 3.42. The normalized spacial score (nSPS) is 15.1. The summed E-state index contributed by atoms with van der Waals surface area (Å²) >= 11 is 0. The highest BCUT2D eigenvalue weighted by Crippen LogP contribution is 2.22. The van der Waals surface area contributed by atoms with Crippen LogP contribution in [0.3, 0.4) is 0 Å². The molecule has 0 aliphatic carbocycles. The number of hydrogen-bond donors (Lipinski definition) is 1. The summed E-state index contributed by atoms with van der Waals surface area (Å²) in [5.74, 6) is 0.368. The van der Waals surface area contributed by atoms with Crippen molar-refractivity contribution in [3.63, 3.8) is 0 Å². The lowest BCUT2D eigenvalue weighted by molar-refractivity contribution is 0.424. The Labute approximate surface area is 111 Å². The second-order valence-electron chi connectivity index (χ2n) is 4.64. The summed E-state index contributed by atoms with van der Waals surface area (Å²) < 4.78 is 13.8. The topological polar surface area (TPSA) is 41.1 Å². The molecule has 98 valence electrons. The molecule has 4 nitrogen and oxygen atoms in total. The first-order chi connectivity index (χ1) is 9.25. The van der Waals surface area contributed by atoms with Crippen molar-refractivity contribution < 1.29 is 4.39 Å². The monoisotopic (exact) mass is 258 g/mol. The first-order valence-electron chi connectivity index (χ1n) is 6.27. The highest BCUT2D eigenvalue weighted by atomic mass is 19.1. The second-order valence-corrected chi connectivity index (χ2v) is 4.64. The van der Waals surface area contributed by atoms with Gasteiger partial charge in [0.25, 0.3) is 0 Å². The van der Waals surface area contributed by atoms with Crippen molar-refractivity contribution in [3.05, 3.63) is 42.3 Å². The fraction of sp³-hybridized carbons (Fsp3) is 0.286. The molecular formula is C14H15FN4. The van der Waals surface area contributed by atoms with Gasteiger partial charge in [0, 0.05) is 31.9 Å². The SMILES string of the molecule is CN(c1nccc(-c2ccccc2F)n1)C1CNC1. The molecule has 1 saturated heterocycles. The molecule has 1 aliphatic rings. The highest BCUT2D eigenvalue weighted by Gasteiger charge is 2.23. The van der Waals surface area contributed by atoms with E-state index in [4.69, 9.17) is 0 Å². The Morgan fingerprint density at radius 1 is 1.26 bits per heavy atom. The maximum absolute atomic E-state index is 13.8. The van der Waals surface area contributed by atoms with Crippen molar-refractivity contribution in [3.8, 4) is 11.3 Å². The van der Waals surface area contributed by atoms with Crippen molar-refractivity contribution in [1.29, 1.82) is 0 Å². The number of aromatic nitrogens is 2. The van der Waals surface area contributed by atoms with Gasteiger partial charge < -0.3 is 10.2 Å². The lowest BCUT2D eigenvalue weighted by Crippen LogP contribution is -2.56. The second kappa shape index (κ2) is 4.93. The fourth-order valence-corrected chi connectivity index (χ4v) is 2.05. The van der Waals surface area contributed by atoms with Gasteiger partial charge in [-0.25, -0.2) is 14.4 Å². The molecule has 1 aliphatic heterocycles. The number of nitrogens with one attached hydrogen (secondary N) is 1. The number of benzene rings is 1. The molecule has 0 unspecified atom stereocenters. The summed E-state index contributed by atoms with van der Waals surface area (Å²) in [4.78, 5) is 10.7. The number of nitrogens with zero attached hydrogens (tertiary/aromatic N) is 3. The molecule has 0 bridgehead atoms. The van der Waals surface area contributed by atoms with Crippen LogP contribution in [0.2, 0.25) is 0 Å². The molecule has 19 heavy (non-hydrogen) atoms. The van der Waals surface area contributed by atoms with Crippen molar-refractivity contribution in [2.24, 2.45) is 0 Å². The summed E-state index contributed by atoms with van der Waals surface area (Å²) in [6.45, 7) is 1.87. The van der Waals surface area contributed by atoms with Crippen LogP contribution >= 0.6 is 0 Å². The molecule has 1 aromatic carbocycles. The Morgan fingerprint density at radius 2 is 2.05 bits per heavy atom. The predicted octanol–water partition coefficient (Wildman–Crippen LogP) is 1.69. The molecule has 1 aromatic heterocycles. The van der Waals surface area contributed by atoms with Crippen LogP contribution in [0.15, 0.2) is 36.5 Å². The van der Waals surface area contributed by atoms with Crippen LogP contribution < -0.4 is 10.2 Å². The number of rotatable bonds is 3. The van der Waals surface area contributed by atoms with Gasteiger partial charge in [-0.1, -0.05) is 12.1 Å². The van der Waals surface area contributed by atoms with Crippen LogP contribution in [0.25, 0.3) is 11.3 Å². The maximum atomic E-state index is 13.8. The minimum absolute atomic E-state index is 0.264. The van der Waals surface area contributed by atoms with Gasteiger partial charge in [-0.05, 0) is 18.2 Å². The summed E-state index contributed by atoms with van der Waals surface area (Å²) in [7, 11) is 1.96. The third kappa shape index (κ3) is 2.29. The Hall–Kier alpha value is -2.01. The molecule has 3 rings (SSSR count). The van der Waals surface area contributed by atoms with E-state index in [0.29, 0.717) is 23.2 Å². The van der Waals surface area contributed by atoms with Crippen LogP contribution in [0.4, 0.5) is 10.3 Å². The largest absolute Gasteiger partial charge is 0.338 e. The first kappa shape index (κ1) is 12.0.